The van der Waals surface area contributed by atoms with Crippen molar-refractivity contribution in [1.82, 2.24) is 10.6 Å². The van der Waals surface area contributed by atoms with Crippen molar-refractivity contribution < 1.29 is 9.59 Å². The van der Waals surface area contributed by atoms with Crippen LogP contribution in [0.3, 0.4) is 0 Å². The number of nitrogens with zero attached hydrogens (tertiary/aromatic N) is 1. The topological polar surface area (TPSA) is 61.4 Å². The van der Waals surface area contributed by atoms with E-state index in [1.54, 1.807) is 0 Å². The van der Waals surface area contributed by atoms with Crippen molar-refractivity contribution in [1.29, 1.82) is 0 Å². The third kappa shape index (κ3) is 3.20. The van der Waals surface area contributed by atoms with Crippen LogP contribution in [-0.4, -0.2) is 24.9 Å². The lowest BCUT2D eigenvalue weighted by molar-refractivity contribution is -0.118. The Bertz CT molecular complexity index is 1060. The van der Waals surface area contributed by atoms with Crippen LogP contribution in [-0.2, 0) is 9.59 Å². The molecule has 3 aliphatic rings. The molecule has 5 rings (SSSR count). The second-order valence-electron chi connectivity index (χ2n) is 7.53. The smallest absolute Gasteiger partial charge is 0.249 e. The van der Waals surface area contributed by atoms with Crippen molar-refractivity contribution in [2.45, 2.75) is 18.8 Å². The Morgan fingerprint density at radius 1 is 0.733 bits per heavy atom. The van der Waals surface area contributed by atoms with Gasteiger partial charge < -0.3 is 15.5 Å². The van der Waals surface area contributed by atoms with Gasteiger partial charge in [0.15, 0.2) is 0 Å². The van der Waals surface area contributed by atoms with E-state index in [1.165, 1.54) is 0 Å². The van der Waals surface area contributed by atoms with E-state index in [-0.39, 0.29) is 17.7 Å². The molecule has 0 saturated carbocycles. The highest BCUT2D eigenvalue weighted by molar-refractivity contribution is 9.10. The first-order chi connectivity index (χ1) is 14.5. The number of amides is 2. The number of carbonyl (C=O) groups is 2. The summed E-state index contributed by atoms with van der Waals surface area (Å²) in [5, 5.41) is 5.98. The molecule has 0 bridgehead atoms. The van der Waals surface area contributed by atoms with Crippen molar-refractivity contribution in [3.8, 4) is 0 Å². The highest BCUT2D eigenvalue weighted by Crippen LogP contribution is 2.47. The molecule has 2 N–H and O–H groups in total. The first kappa shape index (κ1) is 19.6. The lowest BCUT2D eigenvalue weighted by atomic mass is 9.76. The molecular weight excluding hydrogens is 510 g/mol. The molecule has 3 aliphatic heterocycles. The lowest BCUT2D eigenvalue weighted by Gasteiger charge is -2.44. The Hall–Kier alpha value is -2.38. The normalized spacial score (nSPS) is 19.3. The summed E-state index contributed by atoms with van der Waals surface area (Å²) in [6.45, 7) is 1.18. The summed E-state index contributed by atoms with van der Waals surface area (Å²) in [5.74, 6) is -0.581. The maximum atomic E-state index is 13.1. The molecule has 7 heteroatoms. The van der Waals surface area contributed by atoms with E-state index in [1.807, 2.05) is 48.5 Å². The molecule has 0 spiro atoms. The molecule has 2 aromatic rings. The summed E-state index contributed by atoms with van der Waals surface area (Å²) in [7, 11) is 0. The third-order valence-corrected chi connectivity index (χ3v) is 6.87. The van der Waals surface area contributed by atoms with Gasteiger partial charge in [-0.1, -0.05) is 44.0 Å². The number of anilines is 1. The van der Waals surface area contributed by atoms with Crippen molar-refractivity contribution in [3.63, 3.8) is 0 Å². The average Bonchev–Trinajstić information content (AvgIpc) is 2.74. The van der Waals surface area contributed by atoms with Gasteiger partial charge >= 0.3 is 0 Å². The fourth-order valence-corrected chi connectivity index (χ4v) is 5.10. The number of hydrogen-bond acceptors (Lipinski definition) is 3. The zero-order chi connectivity index (χ0) is 20.8. The quantitative estimate of drug-likeness (QED) is 0.608. The third-order valence-electron chi connectivity index (χ3n) is 5.81. The Kier molecular flexibility index (Phi) is 5.03. The predicted octanol–water partition coefficient (Wildman–Crippen LogP) is 4.36. The van der Waals surface area contributed by atoms with E-state index in [9.17, 15) is 9.59 Å². The van der Waals surface area contributed by atoms with Crippen molar-refractivity contribution in [2.75, 3.05) is 18.0 Å². The van der Waals surface area contributed by atoms with E-state index in [2.05, 4.69) is 47.4 Å². The molecule has 0 aromatic heterocycles. The molecule has 0 radical (unpaired) electrons. The van der Waals surface area contributed by atoms with Crippen LogP contribution >= 0.6 is 31.9 Å². The number of halogens is 2. The van der Waals surface area contributed by atoms with Gasteiger partial charge in [0.25, 0.3) is 0 Å². The SMILES string of the molecule is O=C1NCCC2=C1C(c1ccc(Br)cc1)C1=C(CCNC1=O)N2c1ccc(Br)cc1. The van der Waals surface area contributed by atoms with Gasteiger partial charge in [-0.3, -0.25) is 9.59 Å². The first-order valence-corrected chi connectivity index (χ1v) is 11.5. The minimum Gasteiger partial charge on any atom is -0.352 e. The fourth-order valence-electron chi connectivity index (χ4n) is 4.57. The summed E-state index contributed by atoms with van der Waals surface area (Å²) in [6, 6.07) is 15.9. The molecular formula is C23H19Br2N3O2. The van der Waals surface area contributed by atoms with Gasteiger partial charge in [-0.2, -0.15) is 0 Å². The minimum absolute atomic E-state index is 0.101. The van der Waals surface area contributed by atoms with E-state index < -0.39 is 0 Å². The summed E-state index contributed by atoms with van der Waals surface area (Å²) in [4.78, 5) is 28.4. The van der Waals surface area contributed by atoms with E-state index in [4.69, 9.17) is 0 Å². The average molecular weight is 529 g/mol. The Morgan fingerprint density at radius 3 is 1.70 bits per heavy atom. The highest BCUT2D eigenvalue weighted by Gasteiger charge is 2.44. The Balaban J connectivity index is 1.77. The fraction of sp³-hybridized carbons (Fsp3) is 0.217. The Morgan fingerprint density at radius 2 is 1.20 bits per heavy atom. The molecule has 0 aliphatic carbocycles. The highest BCUT2D eigenvalue weighted by atomic mass is 79.9. The number of nitrogens with one attached hydrogen (secondary N) is 2. The standard InChI is InChI=1S/C23H19Br2N3O2/c24-14-3-1-13(2-4-14)19-20-17(9-11-26-22(20)29)28(16-7-5-15(25)6-8-16)18-10-12-27-23(30)21(18)19/h1-8,19H,9-12H2,(H,26,29)(H,27,30). The van der Waals surface area contributed by atoms with Crippen molar-refractivity contribution >= 4 is 49.4 Å². The molecule has 0 saturated heterocycles. The number of benzene rings is 2. The van der Waals surface area contributed by atoms with Gasteiger partial charge in [0.05, 0.1) is 0 Å². The molecule has 152 valence electrons. The monoisotopic (exact) mass is 527 g/mol. The van der Waals surface area contributed by atoms with E-state index in [0.29, 0.717) is 24.2 Å². The lowest BCUT2D eigenvalue weighted by Crippen LogP contribution is -2.47. The number of carbonyl (C=O) groups excluding carboxylic acids is 2. The molecule has 0 unspecified atom stereocenters. The van der Waals surface area contributed by atoms with Gasteiger partial charge in [-0.25, -0.2) is 0 Å². The van der Waals surface area contributed by atoms with Crippen LogP contribution in [0.5, 0.6) is 0 Å². The van der Waals surface area contributed by atoms with Crippen LogP contribution in [0.15, 0.2) is 80.0 Å². The van der Waals surface area contributed by atoms with Crippen LogP contribution < -0.4 is 15.5 Å². The van der Waals surface area contributed by atoms with Gasteiger partial charge in [-0.15, -0.1) is 0 Å². The van der Waals surface area contributed by atoms with Crippen LogP contribution in [0, 0.1) is 0 Å². The van der Waals surface area contributed by atoms with Crippen molar-refractivity contribution in [2.24, 2.45) is 0 Å². The van der Waals surface area contributed by atoms with E-state index in [0.717, 1.165) is 44.4 Å². The molecule has 2 aromatic carbocycles. The van der Waals surface area contributed by atoms with Gasteiger partial charge in [0.2, 0.25) is 11.8 Å². The zero-order valence-electron chi connectivity index (χ0n) is 16.0. The molecule has 5 nitrogen and oxygen atoms in total. The molecule has 2 amide bonds. The van der Waals surface area contributed by atoms with Gasteiger partial charge in [0.1, 0.15) is 0 Å². The largest absolute Gasteiger partial charge is 0.352 e. The summed E-state index contributed by atoms with van der Waals surface area (Å²) >= 11 is 6.98. The number of hydrogen-bond donors (Lipinski definition) is 2. The molecule has 0 atom stereocenters. The second-order valence-corrected chi connectivity index (χ2v) is 9.36. The zero-order valence-corrected chi connectivity index (χ0v) is 19.2. The first-order valence-electron chi connectivity index (χ1n) is 9.88. The van der Waals surface area contributed by atoms with Crippen LogP contribution in [0.2, 0.25) is 0 Å². The number of rotatable bonds is 2. The maximum absolute atomic E-state index is 13.1. The van der Waals surface area contributed by atoms with Crippen LogP contribution in [0.1, 0.15) is 24.3 Å². The van der Waals surface area contributed by atoms with Crippen LogP contribution in [0.4, 0.5) is 5.69 Å². The van der Waals surface area contributed by atoms with Gasteiger partial charge in [-0.05, 0) is 42.0 Å². The van der Waals surface area contributed by atoms with Crippen LogP contribution in [0.25, 0.3) is 0 Å². The molecule has 30 heavy (non-hydrogen) atoms. The second kappa shape index (κ2) is 7.71. The minimum atomic E-state index is -0.379. The molecule has 3 heterocycles. The molecule has 0 fully saturated rings. The Labute approximate surface area is 191 Å². The maximum Gasteiger partial charge on any atom is 0.249 e. The van der Waals surface area contributed by atoms with Crippen molar-refractivity contribution in [3.05, 3.63) is 85.6 Å². The summed E-state index contributed by atoms with van der Waals surface area (Å²) < 4.78 is 1.95. The predicted molar refractivity (Wildman–Crippen MR) is 123 cm³/mol. The summed E-state index contributed by atoms with van der Waals surface area (Å²) in [6.07, 6.45) is 1.45. The van der Waals surface area contributed by atoms with Gasteiger partial charge in [0, 0.05) is 69.0 Å². The van der Waals surface area contributed by atoms with E-state index >= 15 is 0 Å². The summed E-state index contributed by atoms with van der Waals surface area (Å²) in [5.41, 5.74) is 5.23.